The van der Waals surface area contributed by atoms with Gasteiger partial charge in [0.05, 0.1) is 0 Å². The number of carbonyl (C=O) groups is 1. The number of rotatable bonds is 2. The maximum absolute atomic E-state index is 11.5. The average molecular weight is 208 g/mol. The summed E-state index contributed by atoms with van der Waals surface area (Å²) in [5.74, 6) is 1.98. The van der Waals surface area contributed by atoms with Crippen molar-refractivity contribution < 1.29 is 4.79 Å². The van der Waals surface area contributed by atoms with Crippen LogP contribution in [0, 0.1) is 17.3 Å². The zero-order valence-electron chi connectivity index (χ0n) is 10.2. The molecule has 0 aliphatic heterocycles. The first kappa shape index (κ1) is 11.2. The predicted octanol–water partition coefficient (Wildman–Crippen LogP) is 3.96. The van der Waals surface area contributed by atoms with Crippen molar-refractivity contribution in [2.75, 3.05) is 0 Å². The van der Waals surface area contributed by atoms with E-state index in [1.54, 1.807) is 0 Å². The van der Waals surface area contributed by atoms with Gasteiger partial charge in [-0.25, -0.2) is 0 Å². The quantitative estimate of drug-likeness (QED) is 0.671. The molecule has 0 bridgehead atoms. The van der Waals surface area contributed by atoms with Gasteiger partial charge in [0.2, 0.25) is 0 Å². The van der Waals surface area contributed by atoms with Gasteiger partial charge in [0, 0.05) is 12.8 Å². The van der Waals surface area contributed by atoms with Crippen molar-refractivity contribution in [2.45, 2.75) is 65.2 Å². The molecule has 2 unspecified atom stereocenters. The van der Waals surface area contributed by atoms with Crippen LogP contribution in [0.3, 0.4) is 0 Å². The van der Waals surface area contributed by atoms with Gasteiger partial charge in [0.25, 0.3) is 0 Å². The van der Waals surface area contributed by atoms with Gasteiger partial charge in [0.15, 0.2) is 0 Å². The van der Waals surface area contributed by atoms with E-state index in [0.717, 1.165) is 25.2 Å². The maximum Gasteiger partial charge on any atom is 0.133 e. The Morgan fingerprint density at radius 1 is 1.33 bits per heavy atom. The lowest BCUT2D eigenvalue weighted by Gasteiger charge is -2.35. The summed E-state index contributed by atoms with van der Waals surface area (Å²) >= 11 is 0. The van der Waals surface area contributed by atoms with E-state index in [0.29, 0.717) is 17.1 Å². The van der Waals surface area contributed by atoms with Gasteiger partial charge in [-0.1, -0.05) is 26.7 Å². The molecule has 2 fully saturated rings. The molecule has 0 heterocycles. The number of carbonyl (C=O) groups excluding carboxylic acids is 1. The van der Waals surface area contributed by atoms with Crippen molar-refractivity contribution in [3.63, 3.8) is 0 Å². The minimum Gasteiger partial charge on any atom is -0.300 e. The predicted molar refractivity (Wildman–Crippen MR) is 62.7 cm³/mol. The molecule has 2 aliphatic rings. The minimum atomic E-state index is 0.514. The Hall–Kier alpha value is -0.330. The van der Waals surface area contributed by atoms with E-state index in [2.05, 4.69) is 13.8 Å². The summed E-state index contributed by atoms with van der Waals surface area (Å²) in [6.07, 6.45) is 9.76. The van der Waals surface area contributed by atoms with Crippen LogP contribution in [-0.4, -0.2) is 5.78 Å². The van der Waals surface area contributed by atoms with Crippen LogP contribution in [0.25, 0.3) is 0 Å². The van der Waals surface area contributed by atoms with E-state index in [-0.39, 0.29) is 0 Å². The van der Waals surface area contributed by atoms with E-state index in [9.17, 15) is 4.79 Å². The molecule has 0 aromatic rings. The van der Waals surface area contributed by atoms with Crippen LogP contribution in [-0.2, 0) is 4.79 Å². The van der Waals surface area contributed by atoms with Crippen LogP contribution >= 0.6 is 0 Å². The average Bonchev–Trinajstić information content (AvgIpc) is 2.59. The van der Waals surface area contributed by atoms with E-state index in [4.69, 9.17) is 0 Å². The molecule has 2 aliphatic carbocycles. The molecule has 2 saturated carbocycles. The number of hydrogen-bond donors (Lipinski definition) is 0. The first-order valence-electron chi connectivity index (χ1n) is 6.61. The summed E-state index contributed by atoms with van der Waals surface area (Å²) in [5, 5.41) is 0. The molecule has 1 nitrogen and oxygen atoms in total. The molecule has 0 aromatic heterocycles. The Kier molecular flexibility index (Phi) is 3.18. The Bertz CT molecular complexity index is 238. The van der Waals surface area contributed by atoms with E-state index in [1.165, 1.54) is 32.1 Å². The molecular weight excluding hydrogens is 184 g/mol. The number of Topliss-reactive ketones (excluding diaryl/α,β-unsaturated/α-hetero) is 1. The summed E-state index contributed by atoms with van der Waals surface area (Å²) in [5.41, 5.74) is 0.566. The number of hydrogen-bond acceptors (Lipinski definition) is 1. The third-order valence-electron chi connectivity index (χ3n) is 4.74. The highest BCUT2D eigenvalue weighted by atomic mass is 16.1. The normalized spacial score (nSPS) is 35.7. The summed E-state index contributed by atoms with van der Waals surface area (Å²) in [7, 11) is 0. The van der Waals surface area contributed by atoms with Crippen LogP contribution in [0.2, 0.25) is 0 Å². The largest absolute Gasteiger partial charge is 0.300 e. The van der Waals surface area contributed by atoms with E-state index < -0.39 is 0 Å². The van der Waals surface area contributed by atoms with Crippen molar-refractivity contribution in [3.8, 4) is 0 Å². The lowest BCUT2D eigenvalue weighted by atomic mass is 9.70. The summed E-state index contributed by atoms with van der Waals surface area (Å²) in [4.78, 5) is 11.5. The SMILES string of the molecule is CC1CCC(=O)CC1CC1(C)CCCC1. The molecule has 0 saturated heterocycles. The first-order chi connectivity index (χ1) is 7.09. The van der Waals surface area contributed by atoms with Gasteiger partial charge in [-0.3, -0.25) is 4.79 Å². The lowest BCUT2D eigenvalue weighted by molar-refractivity contribution is -0.123. The summed E-state index contributed by atoms with van der Waals surface area (Å²) < 4.78 is 0. The van der Waals surface area contributed by atoms with Crippen LogP contribution in [0.1, 0.15) is 65.2 Å². The van der Waals surface area contributed by atoms with Crippen LogP contribution in [0.4, 0.5) is 0 Å². The molecule has 2 atom stereocenters. The smallest absolute Gasteiger partial charge is 0.133 e. The van der Waals surface area contributed by atoms with E-state index >= 15 is 0 Å². The molecule has 86 valence electrons. The van der Waals surface area contributed by atoms with Crippen LogP contribution < -0.4 is 0 Å². The van der Waals surface area contributed by atoms with Crippen molar-refractivity contribution in [1.82, 2.24) is 0 Å². The van der Waals surface area contributed by atoms with Gasteiger partial charge >= 0.3 is 0 Å². The van der Waals surface area contributed by atoms with Crippen molar-refractivity contribution >= 4 is 5.78 Å². The highest BCUT2D eigenvalue weighted by molar-refractivity contribution is 5.79. The van der Waals surface area contributed by atoms with Gasteiger partial charge in [-0.2, -0.15) is 0 Å². The second kappa shape index (κ2) is 4.27. The van der Waals surface area contributed by atoms with Gasteiger partial charge in [0.1, 0.15) is 5.78 Å². The minimum absolute atomic E-state index is 0.514. The zero-order chi connectivity index (χ0) is 10.9. The molecule has 0 spiro atoms. The first-order valence-corrected chi connectivity index (χ1v) is 6.61. The van der Waals surface area contributed by atoms with Crippen molar-refractivity contribution in [3.05, 3.63) is 0 Å². The fraction of sp³-hybridized carbons (Fsp3) is 0.929. The summed E-state index contributed by atoms with van der Waals surface area (Å²) in [6, 6.07) is 0. The third kappa shape index (κ3) is 2.62. The van der Waals surface area contributed by atoms with Crippen molar-refractivity contribution in [1.29, 1.82) is 0 Å². The Morgan fingerprint density at radius 2 is 2.00 bits per heavy atom. The molecule has 15 heavy (non-hydrogen) atoms. The van der Waals surface area contributed by atoms with Crippen LogP contribution in [0.15, 0.2) is 0 Å². The lowest BCUT2D eigenvalue weighted by Crippen LogP contribution is -2.28. The second-order valence-corrected chi connectivity index (χ2v) is 6.24. The van der Waals surface area contributed by atoms with E-state index in [1.807, 2.05) is 0 Å². The monoisotopic (exact) mass is 208 g/mol. The molecule has 0 N–H and O–H groups in total. The highest BCUT2D eigenvalue weighted by Gasteiger charge is 2.35. The standard InChI is InChI=1S/C14H24O/c1-11-5-6-13(15)9-12(11)10-14(2)7-3-4-8-14/h11-12H,3-10H2,1-2H3. The van der Waals surface area contributed by atoms with Crippen LogP contribution in [0.5, 0.6) is 0 Å². The molecule has 1 heteroatoms. The topological polar surface area (TPSA) is 17.1 Å². The zero-order valence-corrected chi connectivity index (χ0v) is 10.2. The highest BCUT2D eigenvalue weighted by Crippen LogP contribution is 2.46. The fourth-order valence-electron chi connectivity index (χ4n) is 3.56. The van der Waals surface area contributed by atoms with Gasteiger partial charge in [-0.15, -0.1) is 0 Å². The molecule has 0 amide bonds. The Balaban J connectivity index is 1.94. The van der Waals surface area contributed by atoms with Gasteiger partial charge in [-0.05, 0) is 42.9 Å². The fourth-order valence-corrected chi connectivity index (χ4v) is 3.56. The summed E-state index contributed by atoms with van der Waals surface area (Å²) in [6.45, 7) is 4.78. The third-order valence-corrected chi connectivity index (χ3v) is 4.74. The molecule has 0 radical (unpaired) electrons. The molecule has 0 aromatic carbocycles. The van der Waals surface area contributed by atoms with Gasteiger partial charge < -0.3 is 0 Å². The Morgan fingerprint density at radius 3 is 2.67 bits per heavy atom. The Labute approximate surface area is 93.6 Å². The molecular formula is C14H24O. The van der Waals surface area contributed by atoms with Crippen molar-refractivity contribution in [2.24, 2.45) is 17.3 Å². The maximum atomic E-state index is 11.5. The second-order valence-electron chi connectivity index (χ2n) is 6.24. The number of ketones is 1. The molecule has 2 rings (SSSR count).